The minimum absolute atomic E-state index is 0.00333. The Hall–Kier alpha value is -1.58. The van der Waals surface area contributed by atoms with Crippen LogP contribution in [0.15, 0.2) is 29.2 Å². The van der Waals surface area contributed by atoms with Gasteiger partial charge in [0.25, 0.3) is 5.91 Å². The van der Waals surface area contributed by atoms with E-state index in [0.717, 1.165) is 64.1 Å². The lowest BCUT2D eigenvalue weighted by Crippen LogP contribution is -3.23. The monoisotopic (exact) mass is 417 g/mol. The first-order valence-electron chi connectivity index (χ1n) is 9.68. The van der Waals surface area contributed by atoms with E-state index in [1.54, 1.807) is 0 Å². The van der Waals surface area contributed by atoms with Gasteiger partial charge in [-0.2, -0.15) is 8.78 Å². The van der Waals surface area contributed by atoms with Crippen LogP contribution >= 0.6 is 0 Å². The first-order valence-corrected chi connectivity index (χ1v) is 11.2. The molecular formula is C19H27F2N2O4S+. The Kier molecular flexibility index (Phi) is 6.67. The van der Waals surface area contributed by atoms with Crippen molar-refractivity contribution >= 4 is 15.7 Å². The van der Waals surface area contributed by atoms with E-state index in [0.29, 0.717) is 6.54 Å². The highest BCUT2D eigenvalue weighted by Crippen LogP contribution is 2.26. The van der Waals surface area contributed by atoms with Crippen molar-refractivity contribution < 1.29 is 31.6 Å². The molecule has 9 heteroatoms. The van der Waals surface area contributed by atoms with Gasteiger partial charge in [-0.1, -0.05) is 6.42 Å². The minimum atomic E-state index is -4.65. The Bertz CT molecular complexity index is 772. The topological polar surface area (TPSA) is 76.9 Å². The number of halogens is 2. The molecule has 0 bridgehead atoms. The lowest BCUT2D eigenvalue weighted by atomic mass is 9.79. The summed E-state index contributed by atoms with van der Waals surface area (Å²) < 4.78 is 53.7. The molecule has 0 atom stereocenters. The fourth-order valence-electron chi connectivity index (χ4n) is 4.28. The molecule has 2 fully saturated rings. The second-order valence-corrected chi connectivity index (χ2v) is 9.49. The first kappa shape index (κ1) is 21.1. The maximum atomic E-state index is 12.6. The standard InChI is InChI=1S/C19H26F2N2O4S/c20-18(21)28(25,26)16-6-4-15(5-7-16)17(24)22-14-19(8-2-1-3-9-19)23-10-12-27-13-11-23/h4-7,18H,1-3,8-14H2,(H,22,24)/p+1. The molecule has 1 saturated carbocycles. The number of carbonyl (C=O) groups is 1. The van der Waals surface area contributed by atoms with Crippen molar-refractivity contribution in [3.8, 4) is 0 Å². The molecule has 1 aromatic rings. The first-order chi connectivity index (χ1) is 13.3. The fraction of sp³-hybridized carbons (Fsp3) is 0.632. The quantitative estimate of drug-likeness (QED) is 0.725. The molecule has 3 rings (SSSR count). The molecule has 156 valence electrons. The third kappa shape index (κ3) is 4.52. The van der Waals surface area contributed by atoms with E-state index in [9.17, 15) is 22.0 Å². The summed E-state index contributed by atoms with van der Waals surface area (Å²) in [5.41, 5.74) is 0.257. The summed E-state index contributed by atoms with van der Waals surface area (Å²) in [4.78, 5) is 13.5. The smallest absolute Gasteiger partial charge is 0.341 e. The van der Waals surface area contributed by atoms with Crippen molar-refractivity contribution in [2.45, 2.75) is 48.3 Å². The van der Waals surface area contributed by atoms with Crippen molar-refractivity contribution in [1.82, 2.24) is 5.32 Å². The zero-order valence-corrected chi connectivity index (χ0v) is 16.6. The number of benzene rings is 1. The van der Waals surface area contributed by atoms with Crippen LogP contribution in [0.25, 0.3) is 0 Å². The highest BCUT2D eigenvalue weighted by Gasteiger charge is 2.42. The van der Waals surface area contributed by atoms with Crippen LogP contribution in [0.5, 0.6) is 0 Å². The second-order valence-electron chi connectivity index (χ2n) is 7.57. The lowest BCUT2D eigenvalue weighted by Gasteiger charge is -2.45. The summed E-state index contributed by atoms with van der Waals surface area (Å²) in [5.74, 6) is -3.80. The third-order valence-electron chi connectivity index (χ3n) is 5.92. The van der Waals surface area contributed by atoms with Gasteiger partial charge in [0.2, 0.25) is 9.84 Å². The third-order valence-corrected chi connectivity index (χ3v) is 7.32. The van der Waals surface area contributed by atoms with Crippen molar-refractivity contribution in [2.75, 3.05) is 32.8 Å². The molecule has 1 aromatic carbocycles. The zero-order chi connectivity index (χ0) is 20.2. The van der Waals surface area contributed by atoms with Gasteiger partial charge < -0.3 is 15.0 Å². The van der Waals surface area contributed by atoms with Crippen molar-refractivity contribution in [1.29, 1.82) is 0 Å². The van der Waals surface area contributed by atoms with E-state index < -0.39 is 20.5 Å². The summed E-state index contributed by atoms with van der Waals surface area (Å²) >= 11 is 0. The number of alkyl halides is 2. The zero-order valence-electron chi connectivity index (χ0n) is 15.8. The molecule has 0 aromatic heterocycles. The van der Waals surface area contributed by atoms with E-state index in [-0.39, 0.29) is 17.0 Å². The number of ether oxygens (including phenoxy) is 1. The highest BCUT2D eigenvalue weighted by molar-refractivity contribution is 7.91. The van der Waals surface area contributed by atoms with Crippen LogP contribution in [0.4, 0.5) is 8.78 Å². The van der Waals surface area contributed by atoms with E-state index >= 15 is 0 Å². The molecule has 0 radical (unpaired) electrons. The average Bonchev–Trinajstić information content (AvgIpc) is 2.73. The fourth-order valence-corrected chi connectivity index (χ4v) is 5.00. The molecule has 2 aliphatic rings. The van der Waals surface area contributed by atoms with Crippen molar-refractivity contribution in [2.24, 2.45) is 0 Å². The molecular weight excluding hydrogens is 390 g/mol. The Labute approximate surface area is 164 Å². The molecule has 1 aliphatic carbocycles. The number of hydrogen-bond acceptors (Lipinski definition) is 4. The average molecular weight is 417 g/mol. The molecule has 6 nitrogen and oxygen atoms in total. The van der Waals surface area contributed by atoms with Gasteiger partial charge in [-0.25, -0.2) is 8.42 Å². The molecule has 1 saturated heterocycles. The number of nitrogens with one attached hydrogen (secondary N) is 2. The normalized spacial score (nSPS) is 20.8. The Morgan fingerprint density at radius 2 is 1.71 bits per heavy atom. The molecule has 2 N–H and O–H groups in total. The van der Waals surface area contributed by atoms with E-state index in [1.807, 2.05) is 0 Å². The number of rotatable bonds is 6. The second kappa shape index (κ2) is 8.84. The maximum Gasteiger partial charge on any atom is 0.341 e. The van der Waals surface area contributed by atoms with Crippen molar-refractivity contribution in [3.63, 3.8) is 0 Å². The largest absolute Gasteiger partial charge is 0.370 e. The van der Waals surface area contributed by atoms with Crippen LogP contribution in [-0.2, 0) is 14.6 Å². The van der Waals surface area contributed by atoms with Gasteiger partial charge in [-0.3, -0.25) is 4.79 Å². The van der Waals surface area contributed by atoms with Crippen LogP contribution < -0.4 is 10.2 Å². The van der Waals surface area contributed by atoms with Gasteiger partial charge in [-0.15, -0.1) is 0 Å². The van der Waals surface area contributed by atoms with Gasteiger partial charge in [0.05, 0.1) is 24.7 Å². The minimum Gasteiger partial charge on any atom is -0.370 e. The van der Waals surface area contributed by atoms with Gasteiger partial charge in [0.15, 0.2) is 0 Å². The van der Waals surface area contributed by atoms with Crippen LogP contribution in [-0.4, -0.2) is 58.5 Å². The Morgan fingerprint density at radius 1 is 1.11 bits per heavy atom. The number of hydrogen-bond donors (Lipinski definition) is 2. The van der Waals surface area contributed by atoms with E-state index in [4.69, 9.17) is 4.74 Å². The Morgan fingerprint density at radius 3 is 2.29 bits per heavy atom. The van der Waals surface area contributed by atoms with Gasteiger partial charge in [0, 0.05) is 18.4 Å². The van der Waals surface area contributed by atoms with Crippen LogP contribution in [0.1, 0.15) is 42.5 Å². The van der Waals surface area contributed by atoms with Crippen LogP contribution in [0, 0.1) is 0 Å². The molecule has 0 unspecified atom stereocenters. The number of sulfone groups is 1. The molecule has 28 heavy (non-hydrogen) atoms. The summed E-state index contributed by atoms with van der Waals surface area (Å²) in [6.07, 6.45) is 5.59. The summed E-state index contributed by atoms with van der Waals surface area (Å²) in [5, 5.41) is 2.99. The summed E-state index contributed by atoms with van der Waals surface area (Å²) in [6, 6.07) is 4.67. The molecule has 1 heterocycles. The lowest BCUT2D eigenvalue weighted by molar-refractivity contribution is -0.960. The number of carbonyl (C=O) groups excluding carboxylic acids is 1. The molecule has 1 amide bonds. The summed E-state index contributed by atoms with van der Waals surface area (Å²) in [6.45, 7) is 3.85. The molecule has 0 spiro atoms. The number of quaternary nitrogens is 1. The van der Waals surface area contributed by atoms with Crippen LogP contribution in [0.2, 0.25) is 0 Å². The number of amides is 1. The van der Waals surface area contributed by atoms with E-state index in [2.05, 4.69) is 5.32 Å². The van der Waals surface area contributed by atoms with E-state index in [1.165, 1.54) is 23.5 Å². The van der Waals surface area contributed by atoms with Gasteiger partial charge in [0.1, 0.15) is 18.6 Å². The highest BCUT2D eigenvalue weighted by atomic mass is 32.2. The summed E-state index contributed by atoms with van der Waals surface area (Å²) in [7, 11) is -4.65. The SMILES string of the molecule is O=C(NCC1([NH+]2CCOCC2)CCCCC1)c1ccc(S(=O)(=O)C(F)F)cc1. The van der Waals surface area contributed by atoms with Gasteiger partial charge >= 0.3 is 5.76 Å². The maximum absolute atomic E-state index is 12.6. The number of morpholine rings is 1. The van der Waals surface area contributed by atoms with Crippen molar-refractivity contribution in [3.05, 3.63) is 29.8 Å². The Balaban J connectivity index is 1.67. The van der Waals surface area contributed by atoms with Gasteiger partial charge in [-0.05, 0) is 37.1 Å². The molecule has 1 aliphatic heterocycles. The predicted octanol–water partition coefficient (Wildman–Crippen LogP) is 1.03. The predicted molar refractivity (Wildman–Crippen MR) is 99.3 cm³/mol. The van der Waals surface area contributed by atoms with Crippen LogP contribution in [0.3, 0.4) is 0 Å².